The molecule has 0 saturated carbocycles. The number of carbonyl (C=O) groups is 2. The summed E-state index contributed by atoms with van der Waals surface area (Å²) < 4.78 is 0. The number of carboxylic acid groups (broad SMARTS) is 1. The highest BCUT2D eigenvalue weighted by molar-refractivity contribution is 7.99. The van der Waals surface area contributed by atoms with Gasteiger partial charge in [0.2, 0.25) is 5.91 Å². The second-order valence-electron chi connectivity index (χ2n) is 6.28. The first-order valence-electron chi connectivity index (χ1n) is 7.53. The first kappa shape index (κ1) is 16.9. The van der Waals surface area contributed by atoms with Gasteiger partial charge in [-0.15, -0.1) is 11.8 Å². The van der Waals surface area contributed by atoms with E-state index in [2.05, 4.69) is 32.0 Å². The summed E-state index contributed by atoms with van der Waals surface area (Å²) in [7, 11) is 0. The average molecular weight is 321 g/mol. The third-order valence-electron chi connectivity index (χ3n) is 4.41. The van der Waals surface area contributed by atoms with Crippen molar-refractivity contribution in [2.75, 3.05) is 18.8 Å². The average Bonchev–Trinajstić information content (AvgIpc) is 2.87. The van der Waals surface area contributed by atoms with E-state index in [0.29, 0.717) is 25.9 Å². The Bertz CT molecular complexity index is 587. The number of hydrogen-bond acceptors (Lipinski definition) is 3. The van der Waals surface area contributed by atoms with Crippen molar-refractivity contribution in [2.45, 2.75) is 38.5 Å². The second kappa shape index (κ2) is 6.73. The fourth-order valence-corrected chi connectivity index (χ4v) is 3.50. The number of nitrogens with zero attached hydrogens (tertiary/aromatic N) is 1. The first-order chi connectivity index (χ1) is 10.3. The standard InChI is InChI=1S/C17H23NO3S/c1-12-4-5-14(10-13(12)2)22-9-6-15(19)18-8-7-17(3,11-18)16(20)21/h4-5,10H,6-9,11H2,1-3H3,(H,20,21). The predicted octanol–water partition coefficient (Wildman–Crippen LogP) is 3.11. The molecule has 2 rings (SSSR count). The Kier molecular flexibility index (Phi) is 5.16. The summed E-state index contributed by atoms with van der Waals surface area (Å²) in [5.74, 6) is -0.0321. The molecule has 1 unspecified atom stereocenters. The molecule has 1 fully saturated rings. The van der Waals surface area contributed by atoms with E-state index in [1.807, 2.05) is 0 Å². The van der Waals surface area contributed by atoms with E-state index < -0.39 is 11.4 Å². The maximum Gasteiger partial charge on any atom is 0.311 e. The zero-order valence-electron chi connectivity index (χ0n) is 13.4. The van der Waals surface area contributed by atoms with Gasteiger partial charge in [0.05, 0.1) is 5.41 Å². The van der Waals surface area contributed by atoms with Gasteiger partial charge in [-0.2, -0.15) is 0 Å². The molecule has 0 aromatic heterocycles. The van der Waals surface area contributed by atoms with Crippen LogP contribution in [0.1, 0.15) is 30.9 Å². The normalized spacial score (nSPS) is 21.1. The smallest absolute Gasteiger partial charge is 0.311 e. The number of aryl methyl sites for hydroxylation is 2. The molecular weight excluding hydrogens is 298 g/mol. The van der Waals surface area contributed by atoms with Gasteiger partial charge in [0, 0.05) is 30.2 Å². The molecule has 120 valence electrons. The molecule has 0 bridgehead atoms. The maximum atomic E-state index is 12.2. The highest BCUT2D eigenvalue weighted by atomic mass is 32.2. The Morgan fingerprint density at radius 2 is 2.05 bits per heavy atom. The van der Waals surface area contributed by atoms with Crippen molar-refractivity contribution in [3.63, 3.8) is 0 Å². The van der Waals surface area contributed by atoms with Crippen LogP contribution in [-0.4, -0.2) is 40.7 Å². The number of amides is 1. The Labute approximate surface area is 135 Å². The lowest BCUT2D eigenvalue weighted by molar-refractivity contribution is -0.147. The Hall–Kier alpha value is -1.49. The highest BCUT2D eigenvalue weighted by Gasteiger charge is 2.41. The second-order valence-corrected chi connectivity index (χ2v) is 7.44. The van der Waals surface area contributed by atoms with E-state index in [1.54, 1.807) is 23.6 Å². The van der Waals surface area contributed by atoms with E-state index in [4.69, 9.17) is 0 Å². The minimum Gasteiger partial charge on any atom is -0.481 e. The molecule has 22 heavy (non-hydrogen) atoms. The summed E-state index contributed by atoms with van der Waals surface area (Å²) in [6.45, 7) is 6.76. The van der Waals surface area contributed by atoms with Crippen molar-refractivity contribution in [2.24, 2.45) is 5.41 Å². The van der Waals surface area contributed by atoms with Crippen LogP contribution in [0, 0.1) is 19.3 Å². The minimum atomic E-state index is -0.813. The molecule has 0 radical (unpaired) electrons. The number of rotatable bonds is 5. The molecule has 1 amide bonds. The maximum absolute atomic E-state index is 12.2. The highest BCUT2D eigenvalue weighted by Crippen LogP contribution is 2.31. The van der Waals surface area contributed by atoms with Crippen molar-refractivity contribution < 1.29 is 14.7 Å². The van der Waals surface area contributed by atoms with E-state index >= 15 is 0 Å². The Balaban J connectivity index is 1.81. The molecule has 1 aliphatic rings. The number of thioether (sulfide) groups is 1. The number of hydrogen-bond donors (Lipinski definition) is 1. The molecule has 0 spiro atoms. The van der Waals surface area contributed by atoms with Gasteiger partial charge < -0.3 is 10.0 Å². The van der Waals surface area contributed by atoms with Gasteiger partial charge in [0.15, 0.2) is 0 Å². The summed E-state index contributed by atoms with van der Waals surface area (Å²) >= 11 is 1.67. The van der Waals surface area contributed by atoms with E-state index in [1.165, 1.54) is 16.0 Å². The quantitative estimate of drug-likeness (QED) is 0.847. The summed E-state index contributed by atoms with van der Waals surface area (Å²) in [5, 5.41) is 9.20. The van der Waals surface area contributed by atoms with Crippen LogP contribution in [0.3, 0.4) is 0 Å². The van der Waals surface area contributed by atoms with Gasteiger partial charge in [-0.25, -0.2) is 0 Å². The van der Waals surface area contributed by atoms with Crippen LogP contribution >= 0.6 is 11.8 Å². The molecule has 1 aromatic carbocycles. The molecular formula is C17H23NO3S. The molecule has 4 nitrogen and oxygen atoms in total. The van der Waals surface area contributed by atoms with Crippen molar-refractivity contribution >= 4 is 23.6 Å². The van der Waals surface area contributed by atoms with Crippen LogP contribution in [0.2, 0.25) is 0 Å². The summed E-state index contributed by atoms with van der Waals surface area (Å²) in [5.41, 5.74) is 1.75. The first-order valence-corrected chi connectivity index (χ1v) is 8.52. The fraction of sp³-hybridized carbons (Fsp3) is 0.529. The number of likely N-dealkylation sites (tertiary alicyclic amines) is 1. The van der Waals surface area contributed by atoms with E-state index in [-0.39, 0.29) is 5.91 Å². The van der Waals surface area contributed by atoms with Crippen molar-refractivity contribution in [3.8, 4) is 0 Å². The van der Waals surface area contributed by atoms with Crippen LogP contribution in [0.5, 0.6) is 0 Å². The van der Waals surface area contributed by atoms with Crippen molar-refractivity contribution in [1.82, 2.24) is 4.90 Å². The van der Waals surface area contributed by atoms with Crippen LogP contribution in [0.4, 0.5) is 0 Å². The van der Waals surface area contributed by atoms with E-state index in [0.717, 1.165) is 5.75 Å². The van der Waals surface area contributed by atoms with Crippen LogP contribution in [0.15, 0.2) is 23.1 Å². The summed E-state index contributed by atoms with van der Waals surface area (Å²) in [6.07, 6.45) is 0.992. The number of benzene rings is 1. The molecule has 1 aromatic rings. The van der Waals surface area contributed by atoms with Crippen molar-refractivity contribution in [1.29, 1.82) is 0 Å². The fourth-order valence-electron chi connectivity index (χ4n) is 2.57. The molecule has 5 heteroatoms. The predicted molar refractivity (Wildman–Crippen MR) is 88.2 cm³/mol. The molecule has 1 heterocycles. The minimum absolute atomic E-state index is 0.0568. The Morgan fingerprint density at radius 3 is 2.64 bits per heavy atom. The Morgan fingerprint density at radius 1 is 1.32 bits per heavy atom. The molecule has 0 aliphatic carbocycles. The topological polar surface area (TPSA) is 57.6 Å². The van der Waals surface area contributed by atoms with Gasteiger partial charge in [-0.05, 0) is 50.5 Å². The third-order valence-corrected chi connectivity index (χ3v) is 5.40. The van der Waals surface area contributed by atoms with Gasteiger partial charge >= 0.3 is 5.97 Å². The summed E-state index contributed by atoms with van der Waals surface area (Å²) in [6, 6.07) is 6.31. The van der Waals surface area contributed by atoms with Gasteiger partial charge in [0.25, 0.3) is 0 Å². The molecule has 1 aliphatic heterocycles. The summed E-state index contributed by atoms with van der Waals surface area (Å²) in [4.78, 5) is 26.3. The van der Waals surface area contributed by atoms with Crippen LogP contribution in [-0.2, 0) is 9.59 Å². The lowest BCUT2D eigenvalue weighted by Crippen LogP contribution is -2.34. The zero-order chi connectivity index (χ0) is 16.3. The molecule has 1 atom stereocenters. The van der Waals surface area contributed by atoms with Crippen molar-refractivity contribution in [3.05, 3.63) is 29.3 Å². The monoisotopic (exact) mass is 321 g/mol. The number of carbonyl (C=O) groups excluding carboxylic acids is 1. The van der Waals surface area contributed by atoms with Crippen LogP contribution < -0.4 is 0 Å². The molecule has 1 saturated heterocycles. The van der Waals surface area contributed by atoms with Crippen LogP contribution in [0.25, 0.3) is 0 Å². The largest absolute Gasteiger partial charge is 0.481 e. The third kappa shape index (κ3) is 3.83. The number of aliphatic carboxylic acids is 1. The lowest BCUT2D eigenvalue weighted by atomic mass is 9.90. The number of carboxylic acids is 1. The lowest BCUT2D eigenvalue weighted by Gasteiger charge is -2.20. The zero-order valence-corrected chi connectivity index (χ0v) is 14.2. The van der Waals surface area contributed by atoms with Gasteiger partial charge in [0.1, 0.15) is 0 Å². The van der Waals surface area contributed by atoms with Gasteiger partial charge in [-0.1, -0.05) is 6.07 Å². The van der Waals surface area contributed by atoms with E-state index in [9.17, 15) is 14.7 Å². The molecule has 1 N–H and O–H groups in total. The van der Waals surface area contributed by atoms with Gasteiger partial charge in [-0.3, -0.25) is 9.59 Å². The SMILES string of the molecule is Cc1ccc(SCCC(=O)N2CCC(C)(C(=O)O)C2)cc1C.